The van der Waals surface area contributed by atoms with Gasteiger partial charge in [0, 0.05) is 17.7 Å². The van der Waals surface area contributed by atoms with Crippen LogP contribution in [0.2, 0.25) is 0 Å². The van der Waals surface area contributed by atoms with E-state index in [0.29, 0.717) is 17.0 Å². The predicted octanol–water partition coefficient (Wildman–Crippen LogP) is 1.40. The molecule has 1 aromatic carbocycles. The fourth-order valence-corrected chi connectivity index (χ4v) is 1.58. The second-order valence-corrected chi connectivity index (χ2v) is 3.50. The van der Waals surface area contributed by atoms with E-state index in [1.54, 1.807) is 25.1 Å². The first kappa shape index (κ1) is 10.5. The molecule has 84 valence electrons. The van der Waals surface area contributed by atoms with Gasteiger partial charge in [0.1, 0.15) is 17.2 Å². The van der Waals surface area contributed by atoms with Gasteiger partial charge in [-0.25, -0.2) is 0 Å². The summed E-state index contributed by atoms with van der Waals surface area (Å²) in [5, 5.41) is 9.51. The Morgan fingerprint density at radius 3 is 2.75 bits per heavy atom. The maximum absolute atomic E-state index is 9.51. The van der Waals surface area contributed by atoms with Crippen LogP contribution in [0.15, 0.2) is 22.6 Å². The van der Waals surface area contributed by atoms with Crippen molar-refractivity contribution in [3.63, 3.8) is 0 Å². The number of phenolic OH excluding ortho intramolecular Hbond substituents is 1. The summed E-state index contributed by atoms with van der Waals surface area (Å²) in [4.78, 5) is 4.07. The second-order valence-electron chi connectivity index (χ2n) is 3.50. The molecule has 2 aromatic rings. The average Bonchev–Trinajstić information content (AvgIpc) is 2.59. The van der Waals surface area contributed by atoms with Crippen LogP contribution in [0.5, 0.6) is 5.75 Å². The van der Waals surface area contributed by atoms with E-state index < -0.39 is 0 Å². The van der Waals surface area contributed by atoms with Crippen LogP contribution in [0.1, 0.15) is 11.3 Å². The largest absolute Gasteiger partial charge is 0.508 e. The third kappa shape index (κ3) is 1.72. The number of aryl methyl sites for hydroxylation is 1. The maximum Gasteiger partial charge on any atom is 0.292 e. The molecule has 0 unspecified atom stereocenters. The van der Waals surface area contributed by atoms with Gasteiger partial charge in [0.05, 0.1) is 0 Å². The van der Waals surface area contributed by atoms with Crippen molar-refractivity contribution in [3.05, 3.63) is 29.5 Å². The summed E-state index contributed by atoms with van der Waals surface area (Å²) in [6, 6.07) is 5.25. The van der Waals surface area contributed by atoms with Gasteiger partial charge >= 0.3 is 0 Å². The molecular weight excluding hydrogens is 206 g/mol. The number of aromatic hydroxyl groups is 1. The third-order valence-electron chi connectivity index (χ3n) is 2.39. The lowest BCUT2D eigenvalue weighted by Gasteiger charge is -2.04. The van der Waals surface area contributed by atoms with E-state index in [1.165, 1.54) is 0 Å². The Morgan fingerprint density at radius 2 is 2.19 bits per heavy atom. The number of nitrogens with zero attached hydrogens (tertiary/aromatic N) is 1. The molecule has 5 N–H and O–H groups in total. The van der Waals surface area contributed by atoms with Gasteiger partial charge in [-0.1, -0.05) is 0 Å². The minimum Gasteiger partial charge on any atom is -0.508 e. The van der Waals surface area contributed by atoms with Gasteiger partial charge in [-0.3, -0.25) is 0 Å². The zero-order valence-electron chi connectivity index (χ0n) is 8.90. The Morgan fingerprint density at radius 1 is 1.44 bits per heavy atom. The zero-order valence-corrected chi connectivity index (χ0v) is 8.90. The molecule has 0 aliphatic heterocycles. The molecule has 1 heterocycles. The van der Waals surface area contributed by atoms with Gasteiger partial charge in [-0.2, -0.15) is 4.98 Å². The van der Waals surface area contributed by atoms with Crippen molar-refractivity contribution in [2.75, 3.05) is 5.73 Å². The SMILES string of the molecule is Cc1oc(N)nc1-c1ccc(O)c(CN)c1. The van der Waals surface area contributed by atoms with E-state index in [0.717, 1.165) is 5.56 Å². The molecule has 5 heteroatoms. The maximum atomic E-state index is 9.51. The van der Waals surface area contributed by atoms with Crippen molar-refractivity contribution in [1.29, 1.82) is 0 Å². The smallest absolute Gasteiger partial charge is 0.292 e. The summed E-state index contributed by atoms with van der Waals surface area (Å²) in [6.45, 7) is 2.06. The van der Waals surface area contributed by atoms with E-state index in [4.69, 9.17) is 15.9 Å². The fraction of sp³-hybridized carbons (Fsp3) is 0.182. The highest BCUT2D eigenvalue weighted by Gasteiger charge is 2.11. The first-order valence-corrected chi connectivity index (χ1v) is 4.87. The Kier molecular flexibility index (Phi) is 2.54. The molecule has 0 amide bonds. The molecule has 0 saturated heterocycles. The van der Waals surface area contributed by atoms with Crippen molar-refractivity contribution in [2.24, 2.45) is 5.73 Å². The molecule has 2 rings (SSSR count). The number of phenols is 1. The zero-order chi connectivity index (χ0) is 11.7. The molecule has 0 atom stereocenters. The van der Waals surface area contributed by atoms with Crippen molar-refractivity contribution >= 4 is 6.01 Å². The summed E-state index contributed by atoms with van der Waals surface area (Å²) in [7, 11) is 0. The number of oxazole rings is 1. The molecule has 1 aromatic heterocycles. The van der Waals surface area contributed by atoms with Crippen molar-refractivity contribution < 1.29 is 9.52 Å². The quantitative estimate of drug-likeness (QED) is 0.709. The number of benzene rings is 1. The van der Waals surface area contributed by atoms with Crippen LogP contribution < -0.4 is 11.5 Å². The lowest BCUT2D eigenvalue weighted by atomic mass is 10.1. The highest BCUT2D eigenvalue weighted by atomic mass is 16.4. The van der Waals surface area contributed by atoms with Crippen LogP contribution in [-0.4, -0.2) is 10.1 Å². The number of rotatable bonds is 2. The van der Waals surface area contributed by atoms with E-state index in [2.05, 4.69) is 4.98 Å². The standard InChI is InChI=1S/C11H13N3O2/c1-6-10(14-11(13)16-6)7-2-3-9(15)8(4-7)5-12/h2-4,15H,5,12H2,1H3,(H2,13,14). The number of nitrogens with two attached hydrogens (primary N) is 2. The van der Waals surface area contributed by atoms with Crippen LogP contribution in [-0.2, 0) is 6.54 Å². The van der Waals surface area contributed by atoms with Crippen LogP contribution >= 0.6 is 0 Å². The van der Waals surface area contributed by atoms with Gasteiger partial charge in [0.15, 0.2) is 0 Å². The molecular formula is C11H13N3O2. The molecule has 16 heavy (non-hydrogen) atoms. The highest BCUT2D eigenvalue weighted by molar-refractivity contribution is 5.64. The van der Waals surface area contributed by atoms with Crippen molar-refractivity contribution in [3.8, 4) is 17.0 Å². The van der Waals surface area contributed by atoms with Crippen LogP contribution in [0, 0.1) is 6.92 Å². The molecule has 0 fully saturated rings. The number of nitrogen functional groups attached to an aromatic ring is 1. The molecule has 0 spiro atoms. The highest BCUT2D eigenvalue weighted by Crippen LogP contribution is 2.28. The topological polar surface area (TPSA) is 98.3 Å². The molecule has 0 saturated carbocycles. The van der Waals surface area contributed by atoms with Crippen molar-refractivity contribution in [2.45, 2.75) is 13.5 Å². The Labute approximate surface area is 92.7 Å². The average molecular weight is 219 g/mol. The molecule has 0 aliphatic rings. The molecule has 0 aliphatic carbocycles. The van der Waals surface area contributed by atoms with Crippen molar-refractivity contribution in [1.82, 2.24) is 4.98 Å². The summed E-state index contributed by atoms with van der Waals surface area (Å²) in [6.07, 6.45) is 0. The van der Waals surface area contributed by atoms with E-state index in [1.807, 2.05) is 0 Å². The minimum absolute atomic E-state index is 0.134. The number of hydrogen-bond acceptors (Lipinski definition) is 5. The lowest BCUT2D eigenvalue weighted by molar-refractivity contribution is 0.468. The van der Waals surface area contributed by atoms with Gasteiger partial charge in [0.2, 0.25) is 0 Å². The van der Waals surface area contributed by atoms with Gasteiger partial charge < -0.3 is 21.0 Å². The Hall–Kier alpha value is -2.01. The minimum atomic E-state index is 0.134. The fourth-order valence-electron chi connectivity index (χ4n) is 1.58. The normalized spacial score (nSPS) is 10.6. The first-order valence-electron chi connectivity index (χ1n) is 4.87. The molecule has 5 nitrogen and oxygen atoms in total. The van der Waals surface area contributed by atoms with Crippen LogP contribution in [0.4, 0.5) is 6.01 Å². The van der Waals surface area contributed by atoms with Gasteiger partial charge in [-0.15, -0.1) is 0 Å². The predicted molar refractivity (Wildman–Crippen MR) is 60.6 cm³/mol. The van der Waals surface area contributed by atoms with Crippen LogP contribution in [0.3, 0.4) is 0 Å². The number of hydrogen-bond donors (Lipinski definition) is 3. The van der Waals surface area contributed by atoms with Gasteiger partial charge in [-0.05, 0) is 25.1 Å². The lowest BCUT2D eigenvalue weighted by Crippen LogP contribution is -1.97. The van der Waals surface area contributed by atoms with E-state index in [9.17, 15) is 5.11 Å². The second kappa shape index (κ2) is 3.86. The third-order valence-corrected chi connectivity index (χ3v) is 2.39. The molecule has 0 radical (unpaired) electrons. The van der Waals surface area contributed by atoms with E-state index in [-0.39, 0.29) is 18.3 Å². The van der Waals surface area contributed by atoms with Crippen LogP contribution in [0.25, 0.3) is 11.3 Å². The summed E-state index contributed by atoms with van der Waals surface area (Å²) >= 11 is 0. The Bertz CT molecular complexity index is 520. The summed E-state index contributed by atoms with van der Waals surface area (Å²) in [5.41, 5.74) is 13.1. The number of anilines is 1. The van der Waals surface area contributed by atoms with Gasteiger partial charge in [0.25, 0.3) is 6.01 Å². The Balaban J connectivity index is 2.52. The summed E-state index contributed by atoms with van der Waals surface area (Å²) in [5.74, 6) is 0.825. The summed E-state index contributed by atoms with van der Waals surface area (Å²) < 4.78 is 5.15. The molecule has 0 bridgehead atoms. The van der Waals surface area contributed by atoms with E-state index >= 15 is 0 Å². The number of aromatic nitrogens is 1. The monoisotopic (exact) mass is 219 g/mol. The first-order chi connectivity index (χ1) is 7.61.